The molecule has 0 amide bonds. The largest absolute Gasteiger partial charge is 1.00 e. The number of nitrogens with two attached hydrogens (primary N) is 1. The van der Waals surface area contributed by atoms with Crippen LogP contribution in [0, 0.1) is 0 Å². The van der Waals surface area contributed by atoms with Gasteiger partial charge in [-0.25, -0.2) is 9.13 Å². The highest BCUT2D eigenvalue weighted by Gasteiger charge is 2.13. The molecule has 1 heterocycles. The molecule has 1 aromatic heterocycles. The van der Waals surface area contributed by atoms with Gasteiger partial charge in [-0.05, 0) is 37.2 Å². The van der Waals surface area contributed by atoms with Gasteiger partial charge in [0.1, 0.15) is 5.69 Å². The lowest BCUT2D eigenvalue weighted by Gasteiger charge is -2.11. The Labute approximate surface area is 142 Å². The van der Waals surface area contributed by atoms with Gasteiger partial charge in [0, 0.05) is 24.9 Å². The standard InChI is InChI=1S/C15H23N6.BrH/c1-19(2)14-7-5-13(6-8-14)17-18-15-20(3)11-12-21(15)10-4-9-16;/h5-8,11-12H,4,9-10,16H2,1-3H3;1H/q+1;/p-1. The summed E-state index contributed by atoms with van der Waals surface area (Å²) in [6.45, 7) is 1.52. The number of anilines is 1. The van der Waals surface area contributed by atoms with Gasteiger partial charge in [0.15, 0.2) is 0 Å². The number of nitrogens with zero attached hydrogens (tertiary/aromatic N) is 5. The Kier molecular flexibility index (Phi) is 7.20. The molecule has 0 unspecified atom stereocenters. The highest BCUT2D eigenvalue weighted by molar-refractivity contribution is 5.51. The monoisotopic (exact) mass is 366 g/mol. The van der Waals surface area contributed by atoms with Crippen LogP contribution in [0.1, 0.15) is 6.42 Å². The third-order valence-electron chi connectivity index (χ3n) is 3.27. The summed E-state index contributed by atoms with van der Waals surface area (Å²) in [5.41, 5.74) is 7.54. The fraction of sp³-hybridized carbons (Fsp3) is 0.400. The minimum Gasteiger partial charge on any atom is -1.00 e. The van der Waals surface area contributed by atoms with Crippen LogP contribution in [-0.2, 0) is 13.6 Å². The van der Waals surface area contributed by atoms with Gasteiger partial charge >= 0.3 is 5.95 Å². The van der Waals surface area contributed by atoms with Crippen molar-refractivity contribution < 1.29 is 21.5 Å². The van der Waals surface area contributed by atoms with Crippen LogP contribution in [0.2, 0.25) is 0 Å². The van der Waals surface area contributed by atoms with Crippen LogP contribution in [-0.4, -0.2) is 25.2 Å². The summed E-state index contributed by atoms with van der Waals surface area (Å²) < 4.78 is 4.01. The number of azo groups is 1. The Bertz CT molecular complexity index is 603. The molecule has 2 N–H and O–H groups in total. The topological polar surface area (TPSA) is 62.8 Å². The van der Waals surface area contributed by atoms with Crippen LogP contribution < -0.4 is 32.2 Å². The quantitative estimate of drug-likeness (QED) is 0.534. The van der Waals surface area contributed by atoms with Crippen LogP contribution in [0.5, 0.6) is 0 Å². The second-order valence-electron chi connectivity index (χ2n) is 5.16. The van der Waals surface area contributed by atoms with Gasteiger partial charge < -0.3 is 27.6 Å². The molecule has 0 saturated carbocycles. The highest BCUT2D eigenvalue weighted by atomic mass is 79.9. The third-order valence-corrected chi connectivity index (χ3v) is 3.27. The third kappa shape index (κ3) is 4.64. The average Bonchev–Trinajstić information content (AvgIpc) is 2.83. The molecule has 6 nitrogen and oxygen atoms in total. The van der Waals surface area contributed by atoms with Crippen molar-refractivity contribution in [1.29, 1.82) is 0 Å². The lowest BCUT2D eigenvalue weighted by Crippen LogP contribution is -3.00. The summed E-state index contributed by atoms with van der Waals surface area (Å²) in [6, 6.07) is 7.99. The summed E-state index contributed by atoms with van der Waals surface area (Å²) in [6.07, 6.45) is 4.90. The molecule has 7 heteroatoms. The maximum absolute atomic E-state index is 5.56. The fourth-order valence-electron chi connectivity index (χ4n) is 2.00. The first-order valence-electron chi connectivity index (χ1n) is 7.06. The van der Waals surface area contributed by atoms with Crippen LogP contribution in [0.3, 0.4) is 0 Å². The minimum atomic E-state index is 0. The number of halogens is 1. The van der Waals surface area contributed by atoms with Crippen molar-refractivity contribution in [2.24, 2.45) is 23.0 Å². The SMILES string of the molecule is CN(C)c1ccc(N=Nc2n(C)cc[n+]2CCCN)cc1.[Br-]. The summed E-state index contributed by atoms with van der Waals surface area (Å²) in [4.78, 5) is 2.05. The molecule has 0 aliphatic rings. The Balaban J connectivity index is 0.00000242. The number of hydrogen-bond acceptors (Lipinski definition) is 4. The maximum Gasteiger partial charge on any atom is 0.421 e. The molecule has 22 heavy (non-hydrogen) atoms. The number of aromatic nitrogens is 2. The zero-order valence-corrected chi connectivity index (χ0v) is 14.9. The first kappa shape index (κ1) is 18.3. The predicted molar refractivity (Wildman–Crippen MR) is 84.2 cm³/mol. The molecule has 0 fully saturated rings. The molecule has 0 aliphatic heterocycles. The van der Waals surface area contributed by atoms with Gasteiger partial charge in [0.25, 0.3) is 0 Å². The van der Waals surface area contributed by atoms with Crippen molar-refractivity contribution in [2.45, 2.75) is 13.0 Å². The van der Waals surface area contributed by atoms with Gasteiger partial charge in [-0.1, -0.05) is 5.11 Å². The molecule has 0 aliphatic carbocycles. The summed E-state index contributed by atoms with van der Waals surface area (Å²) in [5.74, 6) is 0.820. The number of rotatable bonds is 6. The van der Waals surface area contributed by atoms with Crippen molar-refractivity contribution in [3.63, 3.8) is 0 Å². The van der Waals surface area contributed by atoms with E-state index < -0.39 is 0 Å². The number of imidazole rings is 1. The lowest BCUT2D eigenvalue weighted by atomic mass is 10.3. The molecule has 0 bridgehead atoms. The number of hydrogen-bond donors (Lipinski definition) is 1. The Hall–Kier alpha value is -1.73. The molecule has 2 aromatic rings. The van der Waals surface area contributed by atoms with Crippen LogP contribution in [0.15, 0.2) is 46.9 Å². The Morgan fingerprint density at radius 2 is 1.86 bits per heavy atom. The molecule has 1 aromatic carbocycles. The first-order valence-corrected chi connectivity index (χ1v) is 7.06. The van der Waals surface area contributed by atoms with Gasteiger partial charge in [0.05, 0.1) is 26.0 Å². The van der Waals surface area contributed by atoms with E-state index >= 15 is 0 Å². The molecule has 2 rings (SSSR count). The highest BCUT2D eigenvalue weighted by Crippen LogP contribution is 2.19. The molecule has 0 spiro atoms. The van der Waals surface area contributed by atoms with E-state index in [4.69, 9.17) is 5.73 Å². The van der Waals surface area contributed by atoms with Gasteiger partial charge in [-0.3, -0.25) is 0 Å². The van der Waals surface area contributed by atoms with Crippen LogP contribution >= 0.6 is 0 Å². The molecular weight excluding hydrogens is 344 g/mol. The predicted octanol–water partition coefficient (Wildman–Crippen LogP) is -0.853. The fourth-order valence-corrected chi connectivity index (χ4v) is 2.00. The second-order valence-corrected chi connectivity index (χ2v) is 5.16. The van der Waals surface area contributed by atoms with E-state index in [2.05, 4.69) is 19.7 Å². The summed E-state index contributed by atoms with van der Waals surface area (Å²) in [7, 11) is 5.99. The van der Waals surface area contributed by atoms with E-state index in [1.807, 2.05) is 62.4 Å². The van der Waals surface area contributed by atoms with Crippen molar-refractivity contribution in [3.05, 3.63) is 36.7 Å². The van der Waals surface area contributed by atoms with Crippen LogP contribution in [0.4, 0.5) is 17.3 Å². The van der Waals surface area contributed by atoms with E-state index in [1.165, 1.54) is 0 Å². The zero-order chi connectivity index (χ0) is 15.2. The summed E-state index contributed by atoms with van der Waals surface area (Å²) >= 11 is 0. The molecule has 0 saturated heterocycles. The number of aryl methyl sites for hydroxylation is 2. The van der Waals surface area contributed by atoms with Crippen molar-refractivity contribution in [2.75, 3.05) is 25.5 Å². The maximum atomic E-state index is 5.56. The normalized spacial score (nSPS) is 10.7. The first-order chi connectivity index (χ1) is 10.1. The Morgan fingerprint density at radius 3 is 2.45 bits per heavy atom. The smallest absolute Gasteiger partial charge is 0.421 e. The van der Waals surface area contributed by atoms with Crippen molar-refractivity contribution in [1.82, 2.24) is 4.57 Å². The van der Waals surface area contributed by atoms with E-state index in [1.54, 1.807) is 0 Å². The number of benzene rings is 1. The molecule has 0 radical (unpaired) electrons. The van der Waals surface area contributed by atoms with Gasteiger partial charge in [0.2, 0.25) is 0 Å². The van der Waals surface area contributed by atoms with Gasteiger partial charge in [-0.2, -0.15) is 0 Å². The molecule has 120 valence electrons. The molecular formula is C15H23BrN6. The van der Waals surface area contributed by atoms with Crippen molar-refractivity contribution in [3.8, 4) is 0 Å². The van der Waals surface area contributed by atoms with E-state index in [9.17, 15) is 0 Å². The van der Waals surface area contributed by atoms with E-state index in [0.717, 1.165) is 30.3 Å². The molecule has 0 atom stereocenters. The lowest BCUT2D eigenvalue weighted by molar-refractivity contribution is -0.683. The zero-order valence-electron chi connectivity index (χ0n) is 13.3. The Morgan fingerprint density at radius 1 is 1.18 bits per heavy atom. The van der Waals surface area contributed by atoms with E-state index in [-0.39, 0.29) is 17.0 Å². The van der Waals surface area contributed by atoms with Crippen LogP contribution in [0.25, 0.3) is 0 Å². The summed E-state index contributed by atoms with van der Waals surface area (Å²) in [5, 5.41) is 8.67. The minimum absolute atomic E-state index is 0. The average molecular weight is 367 g/mol. The van der Waals surface area contributed by atoms with Crippen molar-refractivity contribution >= 4 is 17.3 Å². The van der Waals surface area contributed by atoms with Gasteiger partial charge in [-0.15, -0.1) is 0 Å². The second kappa shape index (κ2) is 8.65. The van der Waals surface area contributed by atoms with E-state index in [0.29, 0.717) is 6.54 Å².